The highest BCUT2D eigenvalue weighted by Crippen LogP contribution is 2.36. The Hall–Kier alpha value is -1.46. The van der Waals surface area contributed by atoms with Gasteiger partial charge in [0.2, 0.25) is 0 Å². The van der Waals surface area contributed by atoms with E-state index >= 15 is 0 Å². The van der Waals surface area contributed by atoms with E-state index in [4.69, 9.17) is 10.5 Å². The third-order valence-electron chi connectivity index (χ3n) is 6.67. The van der Waals surface area contributed by atoms with E-state index in [0.717, 1.165) is 58.6 Å². The molecule has 0 spiro atoms. The molecule has 1 saturated carbocycles. The van der Waals surface area contributed by atoms with Gasteiger partial charge in [-0.25, -0.2) is 0 Å². The van der Waals surface area contributed by atoms with Gasteiger partial charge in [0.25, 0.3) is 0 Å². The largest absolute Gasteiger partial charge is 0.376 e. The molecule has 1 aromatic rings. The summed E-state index contributed by atoms with van der Waals surface area (Å²) in [5, 5.41) is 0. The quantitative estimate of drug-likeness (QED) is 0.822. The molecule has 1 saturated heterocycles. The first-order valence-electron chi connectivity index (χ1n) is 10.9. The number of ether oxygens (including phenoxy) is 1. The summed E-state index contributed by atoms with van der Waals surface area (Å²) in [6, 6.07) is 10.9. The van der Waals surface area contributed by atoms with Crippen molar-refractivity contribution in [3.63, 3.8) is 0 Å². The van der Waals surface area contributed by atoms with Crippen molar-refractivity contribution in [3.05, 3.63) is 54.1 Å². The number of nitrogens with two attached hydrogens (primary N) is 1. The monoisotopic (exact) mass is 381 g/mol. The second-order valence-electron chi connectivity index (χ2n) is 8.95. The van der Waals surface area contributed by atoms with E-state index in [0.29, 0.717) is 0 Å². The van der Waals surface area contributed by atoms with Crippen molar-refractivity contribution in [2.45, 2.75) is 37.8 Å². The molecule has 152 valence electrons. The lowest BCUT2D eigenvalue weighted by molar-refractivity contribution is -0.0120. The molecular weight excluding hydrogens is 346 g/mol. The van der Waals surface area contributed by atoms with Crippen molar-refractivity contribution in [3.8, 4) is 0 Å². The van der Waals surface area contributed by atoms with Gasteiger partial charge in [-0.1, -0.05) is 48.6 Å². The highest BCUT2D eigenvalue weighted by Gasteiger charge is 2.35. The summed E-state index contributed by atoms with van der Waals surface area (Å²) in [7, 11) is 2.22. The van der Waals surface area contributed by atoms with Crippen molar-refractivity contribution in [1.29, 1.82) is 0 Å². The number of benzene rings is 1. The Bertz CT molecular complexity index is 693. The zero-order valence-corrected chi connectivity index (χ0v) is 17.2. The maximum Gasteiger partial charge on any atom is 0.0726 e. The molecule has 1 aromatic carbocycles. The Morgan fingerprint density at radius 3 is 2.54 bits per heavy atom. The lowest BCUT2D eigenvalue weighted by Crippen LogP contribution is -2.50. The van der Waals surface area contributed by atoms with Crippen LogP contribution in [0.2, 0.25) is 0 Å². The van der Waals surface area contributed by atoms with E-state index in [1.54, 1.807) is 0 Å². The molecule has 2 fully saturated rings. The van der Waals surface area contributed by atoms with Crippen LogP contribution < -0.4 is 5.73 Å². The standard InChI is InChI=1S/C24H35N3O/c1-26-14-16-27(17-15-26)18-24(19-28-23-9-5-8-22(23)25)12-10-21(11-13-24)20-6-3-2-4-7-20/h2-4,6-7,10-12,22-23H,5,8-9,13-19,25H2,1H3/t22-,23-,24?/m0/s1. The fourth-order valence-corrected chi connectivity index (χ4v) is 4.72. The average molecular weight is 382 g/mol. The van der Waals surface area contributed by atoms with Crippen LogP contribution in [0.5, 0.6) is 0 Å². The maximum absolute atomic E-state index is 6.42. The Balaban J connectivity index is 1.46. The molecule has 4 heteroatoms. The molecule has 3 atom stereocenters. The number of rotatable bonds is 6. The van der Waals surface area contributed by atoms with Crippen LogP contribution in [-0.4, -0.2) is 68.3 Å². The molecule has 0 amide bonds. The fraction of sp³-hybridized carbons (Fsp3) is 0.583. The first kappa shape index (κ1) is 19.8. The number of allylic oxidation sites excluding steroid dienone is 3. The van der Waals surface area contributed by atoms with Crippen LogP contribution in [0.25, 0.3) is 5.57 Å². The highest BCUT2D eigenvalue weighted by atomic mass is 16.5. The van der Waals surface area contributed by atoms with E-state index in [2.05, 4.69) is 65.4 Å². The second kappa shape index (κ2) is 8.91. The number of piperazine rings is 1. The van der Waals surface area contributed by atoms with Gasteiger partial charge >= 0.3 is 0 Å². The predicted molar refractivity (Wildman–Crippen MR) is 116 cm³/mol. The molecule has 2 aliphatic carbocycles. The van der Waals surface area contributed by atoms with Crippen LogP contribution >= 0.6 is 0 Å². The van der Waals surface area contributed by atoms with Crippen molar-refractivity contribution in [1.82, 2.24) is 9.80 Å². The van der Waals surface area contributed by atoms with Gasteiger partial charge in [-0.15, -0.1) is 0 Å². The van der Waals surface area contributed by atoms with Gasteiger partial charge < -0.3 is 15.4 Å². The topological polar surface area (TPSA) is 41.7 Å². The summed E-state index contributed by atoms with van der Waals surface area (Å²) >= 11 is 0. The average Bonchev–Trinajstić information content (AvgIpc) is 3.14. The van der Waals surface area contributed by atoms with Gasteiger partial charge in [0.15, 0.2) is 0 Å². The minimum absolute atomic E-state index is 0.0521. The smallest absolute Gasteiger partial charge is 0.0726 e. The molecule has 0 aromatic heterocycles. The number of hydrogen-bond donors (Lipinski definition) is 1. The molecule has 1 aliphatic heterocycles. The SMILES string of the molecule is CN1CCN(CC2(CO[C@H]3CCC[C@@H]3N)C=CC(c3ccccc3)=CC2)CC1. The zero-order valence-electron chi connectivity index (χ0n) is 17.2. The molecule has 0 radical (unpaired) electrons. The zero-order chi connectivity index (χ0) is 19.4. The molecule has 28 heavy (non-hydrogen) atoms. The van der Waals surface area contributed by atoms with Crippen LogP contribution in [0.15, 0.2) is 48.6 Å². The number of nitrogens with zero attached hydrogens (tertiary/aromatic N) is 2. The first-order valence-corrected chi connectivity index (χ1v) is 10.9. The molecule has 2 N–H and O–H groups in total. The summed E-state index contributed by atoms with van der Waals surface area (Å²) in [4.78, 5) is 5.03. The fourth-order valence-electron chi connectivity index (χ4n) is 4.72. The van der Waals surface area contributed by atoms with Crippen LogP contribution in [0.1, 0.15) is 31.2 Å². The van der Waals surface area contributed by atoms with Crippen LogP contribution in [0.4, 0.5) is 0 Å². The van der Waals surface area contributed by atoms with E-state index < -0.39 is 0 Å². The summed E-state index contributed by atoms with van der Waals surface area (Å²) < 4.78 is 6.42. The van der Waals surface area contributed by atoms with Gasteiger partial charge in [-0.2, -0.15) is 0 Å². The molecule has 1 unspecified atom stereocenters. The second-order valence-corrected chi connectivity index (χ2v) is 8.95. The van der Waals surface area contributed by atoms with E-state index in [-0.39, 0.29) is 17.6 Å². The minimum atomic E-state index is 0.0521. The molecule has 1 heterocycles. The lowest BCUT2D eigenvalue weighted by Gasteiger charge is -2.41. The van der Waals surface area contributed by atoms with Crippen LogP contribution in [0, 0.1) is 5.41 Å². The van der Waals surface area contributed by atoms with Crippen molar-refractivity contribution in [2.75, 3.05) is 46.4 Å². The molecular formula is C24H35N3O. The first-order chi connectivity index (χ1) is 13.6. The van der Waals surface area contributed by atoms with E-state index in [9.17, 15) is 0 Å². The minimum Gasteiger partial charge on any atom is -0.376 e. The van der Waals surface area contributed by atoms with E-state index in [1.165, 1.54) is 17.6 Å². The lowest BCUT2D eigenvalue weighted by atomic mass is 9.79. The van der Waals surface area contributed by atoms with Gasteiger partial charge in [-0.05, 0) is 43.9 Å². The highest BCUT2D eigenvalue weighted by molar-refractivity contribution is 5.75. The van der Waals surface area contributed by atoms with Gasteiger partial charge in [0.05, 0.1) is 12.7 Å². The summed E-state index contributed by atoms with van der Waals surface area (Å²) in [5.74, 6) is 0. The molecule has 0 bridgehead atoms. The van der Waals surface area contributed by atoms with E-state index in [1.807, 2.05) is 0 Å². The van der Waals surface area contributed by atoms with Crippen LogP contribution in [0.3, 0.4) is 0 Å². The number of likely N-dealkylation sites (N-methyl/N-ethyl adjacent to an activating group) is 1. The van der Waals surface area contributed by atoms with Gasteiger partial charge in [0.1, 0.15) is 0 Å². The summed E-state index contributed by atoms with van der Waals surface area (Å²) in [6.07, 6.45) is 11.8. The molecule has 3 aliphatic rings. The third kappa shape index (κ3) is 4.74. The Morgan fingerprint density at radius 2 is 1.89 bits per heavy atom. The van der Waals surface area contributed by atoms with Crippen molar-refractivity contribution >= 4 is 5.57 Å². The Labute approximate surface area is 170 Å². The molecule has 4 rings (SSSR count). The predicted octanol–water partition coefficient (Wildman–Crippen LogP) is 3.16. The maximum atomic E-state index is 6.42. The normalized spacial score (nSPS) is 31.9. The Morgan fingerprint density at radius 1 is 1.11 bits per heavy atom. The number of hydrogen-bond acceptors (Lipinski definition) is 4. The van der Waals surface area contributed by atoms with Crippen molar-refractivity contribution in [2.24, 2.45) is 11.1 Å². The summed E-state index contributed by atoms with van der Waals surface area (Å²) in [6.45, 7) is 6.43. The molecule has 4 nitrogen and oxygen atoms in total. The van der Waals surface area contributed by atoms with Crippen LogP contribution in [-0.2, 0) is 4.74 Å². The summed E-state index contributed by atoms with van der Waals surface area (Å²) in [5.41, 5.74) is 8.94. The third-order valence-corrected chi connectivity index (χ3v) is 6.67. The van der Waals surface area contributed by atoms with Gasteiger partial charge in [-0.3, -0.25) is 4.90 Å². The van der Waals surface area contributed by atoms with Gasteiger partial charge in [0, 0.05) is 44.2 Å². The van der Waals surface area contributed by atoms with Crippen molar-refractivity contribution < 1.29 is 4.74 Å². The Kier molecular flexibility index (Phi) is 6.32.